The van der Waals surface area contributed by atoms with Crippen molar-refractivity contribution in [3.8, 4) is 0 Å². The van der Waals surface area contributed by atoms with E-state index in [4.69, 9.17) is 0 Å². The van der Waals surface area contributed by atoms with Gasteiger partial charge < -0.3 is 10.2 Å². The summed E-state index contributed by atoms with van der Waals surface area (Å²) in [6, 6.07) is 5.66. The van der Waals surface area contributed by atoms with Crippen molar-refractivity contribution in [2.24, 2.45) is 5.92 Å². The number of nitrogens with zero attached hydrogens (tertiary/aromatic N) is 2. The molecule has 1 saturated heterocycles. The zero-order valence-electron chi connectivity index (χ0n) is 14.4. The number of anilines is 1. The van der Waals surface area contributed by atoms with Gasteiger partial charge in [0, 0.05) is 37.9 Å². The first-order chi connectivity index (χ1) is 11.8. The van der Waals surface area contributed by atoms with Crippen molar-refractivity contribution in [3.63, 3.8) is 0 Å². The van der Waals surface area contributed by atoms with Gasteiger partial charge >= 0.3 is 6.18 Å². The maximum Gasteiger partial charge on any atom is 0.416 e. The molecule has 25 heavy (non-hydrogen) atoms. The summed E-state index contributed by atoms with van der Waals surface area (Å²) >= 11 is 0. The molecular weight excluding hydrogens is 331 g/mol. The van der Waals surface area contributed by atoms with Crippen LogP contribution in [0.1, 0.15) is 25.3 Å². The summed E-state index contributed by atoms with van der Waals surface area (Å²) in [7, 11) is 0. The molecule has 4 nitrogen and oxygen atoms in total. The first-order valence-corrected chi connectivity index (χ1v) is 8.77. The smallest absolute Gasteiger partial charge is 0.369 e. The van der Waals surface area contributed by atoms with E-state index in [1.807, 2.05) is 11.8 Å². The van der Waals surface area contributed by atoms with Gasteiger partial charge in [-0.2, -0.15) is 13.2 Å². The molecule has 1 aromatic carbocycles. The Kier molecular flexibility index (Phi) is 5.22. The van der Waals surface area contributed by atoms with Crippen LogP contribution in [-0.4, -0.2) is 49.6 Å². The molecule has 1 aromatic rings. The van der Waals surface area contributed by atoms with Gasteiger partial charge in [0.05, 0.1) is 12.1 Å². The fraction of sp³-hybridized carbons (Fsp3) is 0.611. The van der Waals surface area contributed by atoms with Crippen LogP contribution in [0.5, 0.6) is 0 Å². The summed E-state index contributed by atoms with van der Waals surface area (Å²) in [5.41, 5.74) is -0.0397. The highest BCUT2D eigenvalue weighted by Gasteiger charge is 2.31. The van der Waals surface area contributed by atoms with Gasteiger partial charge in [-0.05, 0) is 43.9 Å². The predicted molar refractivity (Wildman–Crippen MR) is 90.4 cm³/mol. The lowest BCUT2D eigenvalue weighted by Gasteiger charge is -2.36. The third-order valence-corrected chi connectivity index (χ3v) is 5.00. The Morgan fingerprint density at radius 3 is 2.52 bits per heavy atom. The van der Waals surface area contributed by atoms with Crippen LogP contribution in [0.15, 0.2) is 24.3 Å². The first-order valence-electron chi connectivity index (χ1n) is 8.77. The summed E-state index contributed by atoms with van der Waals surface area (Å²) in [6.45, 7) is 4.97. The minimum absolute atomic E-state index is 0.0342. The molecule has 0 radical (unpaired) electrons. The number of piperazine rings is 1. The van der Waals surface area contributed by atoms with Gasteiger partial charge in [-0.1, -0.05) is 6.07 Å². The highest BCUT2D eigenvalue weighted by atomic mass is 19.4. The zero-order chi connectivity index (χ0) is 18.0. The Bertz CT molecular complexity index is 608. The third kappa shape index (κ3) is 4.87. The molecule has 3 rings (SSSR count). The normalized spacial score (nSPS) is 20.4. The summed E-state index contributed by atoms with van der Waals surface area (Å²) in [5, 5.41) is 3.04. The monoisotopic (exact) mass is 355 g/mol. The largest absolute Gasteiger partial charge is 0.416 e. The number of halogens is 3. The average molecular weight is 355 g/mol. The molecule has 0 unspecified atom stereocenters. The lowest BCUT2D eigenvalue weighted by molar-refractivity contribution is -0.137. The Morgan fingerprint density at radius 2 is 1.92 bits per heavy atom. The van der Waals surface area contributed by atoms with Crippen molar-refractivity contribution in [1.29, 1.82) is 0 Å². The van der Waals surface area contributed by atoms with E-state index in [-0.39, 0.29) is 11.9 Å². The Labute approximate surface area is 146 Å². The van der Waals surface area contributed by atoms with E-state index in [2.05, 4.69) is 10.2 Å². The molecule has 2 aliphatic rings. The topological polar surface area (TPSA) is 35.6 Å². The van der Waals surface area contributed by atoms with E-state index in [1.54, 1.807) is 6.07 Å². The second kappa shape index (κ2) is 7.23. The van der Waals surface area contributed by atoms with Gasteiger partial charge in [-0.25, -0.2) is 0 Å². The van der Waals surface area contributed by atoms with Crippen LogP contribution in [0.25, 0.3) is 0 Å². The van der Waals surface area contributed by atoms with Crippen molar-refractivity contribution >= 4 is 11.6 Å². The SMILES string of the molecule is C[C@H](NC(=O)CN1CCN(c2cccc(C(F)(F)F)c2)CC1)C1CC1. The summed E-state index contributed by atoms with van der Waals surface area (Å²) < 4.78 is 38.5. The molecular formula is C18H24F3N3O. The van der Waals surface area contributed by atoms with Crippen molar-refractivity contribution in [2.75, 3.05) is 37.6 Å². The van der Waals surface area contributed by atoms with Gasteiger partial charge in [0.15, 0.2) is 0 Å². The number of amides is 1. The Hall–Kier alpha value is -1.76. The Morgan fingerprint density at radius 1 is 1.24 bits per heavy atom. The van der Waals surface area contributed by atoms with Crippen molar-refractivity contribution in [3.05, 3.63) is 29.8 Å². The molecule has 0 spiro atoms. The summed E-state index contributed by atoms with van der Waals surface area (Å²) in [5.74, 6) is 0.661. The molecule has 7 heteroatoms. The Balaban J connectivity index is 1.49. The predicted octanol–water partition coefficient (Wildman–Crippen LogP) is 2.74. The van der Waals surface area contributed by atoms with E-state index in [0.29, 0.717) is 44.3 Å². The molecule has 1 N–H and O–H groups in total. The molecule has 1 aliphatic carbocycles. The number of rotatable bonds is 5. The number of nitrogens with one attached hydrogen (secondary N) is 1. The maximum atomic E-state index is 12.8. The van der Waals surface area contributed by atoms with Crippen molar-refractivity contribution in [1.82, 2.24) is 10.2 Å². The quantitative estimate of drug-likeness (QED) is 0.882. The molecule has 1 heterocycles. The second-order valence-electron chi connectivity index (χ2n) is 7.00. The van der Waals surface area contributed by atoms with Crippen LogP contribution in [0.2, 0.25) is 0 Å². The molecule has 1 aliphatic heterocycles. The highest BCUT2D eigenvalue weighted by Crippen LogP contribution is 2.32. The van der Waals surface area contributed by atoms with Gasteiger partial charge in [-0.15, -0.1) is 0 Å². The first kappa shape index (κ1) is 18.0. The molecule has 1 saturated carbocycles. The lowest BCUT2D eigenvalue weighted by atomic mass is 10.1. The fourth-order valence-electron chi connectivity index (χ4n) is 3.26. The standard InChI is InChI=1S/C18H24F3N3O/c1-13(14-5-6-14)22-17(25)12-23-7-9-24(10-8-23)16-4-2-3-15(11-16)18(19,20)21/h2-4,11,13-14H,5-10,12H2,1H3,(H,22,25)/t13-/m0/s1. The van der Waals surface area contributed by atoms with E-state index in [0.717, 1.165) is 6.07 Å². The van der Waals surface area contributed by atoms with Crippen LogP contribution in [0, 0.1) is 5.92 Å². The number of benzene rings is 1. The number of carbonyl (C=O) groups is 1. The van der Waals surface area contributed by atoms with E-state index in [1.165, 1.54) is 25.0 Å². The van der Waals surface area contributed by atoms with Gasteiger partial charge in [0.25, 0.3) is 0 Å². The lowest BCUT2D eigenvalue weighted by Crippen LogP contribution is -2.50. The molecule has 138 valence electrons. The minimum atomic E-state index is -4.33. The summed E-state index contributed by atoms with van der Waals surface area (Å²) in [6.07, 6.45) is -1.94. The van der Waals surface area contributed by atoms with Crippen molar-refractivity contribution < 1.29 is 18.0 Å². The van der Waals surface area contributed by atoms with Gasteiger partial charge in [0.1, 0.15) is 0 Å². The second-order valence-corrected chi connectivity index (χ2v) is 7.00. The number of carbonyl (C=O) groups excluding carboxylic acids is 1. The van der Waals surface area contributed by atoms with Crippen LogP contribution < -0.4 is 10.2 Å². The maximum absolute atomic E-state index is 12.8. The zero-order valence-corrected chi connectivity index (χ0v) is 14.4. The fourth-order valence-corrected chi connectivity index (χ4v) is 3.26. The molecule has 0 bridgehead atoms. The number of alkyl halides is 3. The van der Waals surface area contributed by atoms with E-state index in [9.17, 15) is 18.0 Å². The van der Waals surface area contributed by atoms with E-state index >= 15 is 0 Å². The van der Waals surface area contributed by atoms with Crippen LogP contribution in [-0.2, 0) is 11.0 Å². The minimum Gasteiger partial charge on any atom is -0.369 e. The van der Waals surface area contributed by atoms with Crippen LogP contribution in [0.4, 0.5) is 18.9 Å². The number of hydrogen-bond donors (Lipinski definition) is 1. The summed E-state index contributed by atoms with van der Waals surface area (Å²) in [4.78, 5) is 16.1. The highest BCUT2D eigenvalue weighted by molar-refractivity contribution is 5.78. The van der Waals surface area contributed by atoms with Crippen LogP contribution >= 0.6 is 0 Å². The average Bonchev–Trinajstić information content (AvgIpc) is 3.40. The molecule has 1 atom stereocenters. The van der Waals surface area contributed by atoms with Crippen molar-refractivity contribution in [2.45, 2.75) is 32.0 Å². The van der Waals surface area contributed by atoms with Gasteiger partial charge in [-0.3, -0.25) is 9.69 Å². The molecule has 1 amide bonds. The number of hydrogen-bond acceptors (Lipinski definition) is 3. The third-order valence-electron chi connectivity index (χ3n) is 5.00. The van der Waals surface area contributed by atoms with Crippen LogP contribution in [0.3, 0.4) is 0 Å². The van der Waals surface area contributed by atoms with Gasteiger partial charge in [0.2, 0.25) is 5.91 Å². The molecule has 0 aromatic heterocycles. The van der Waals surface area contributed by atoms with E-state index < -0.39 is 11.7 Å². The molecule has 2 fully saturated rings.